The highest BCUT2D eigenvalue weighted by Gasteiger charge is 2.36. The van der Waals surface area contributed by atoms with Gasteiger partial charge in [-0.3, -0.25) is 15.2 Å². The Morgan fingerprint density at radius 3 is 2.16 bits per heavy atom. The molecule has 268 valence electrons. The van der Waals surface area contributed by atoms with Gasteiger partial charge >= 0.3 is 24.2 Å². The van der Waals surface area contributed by atoms with Crippen LogP contribution in [0.4, 0.5) is 25.8 Å². The third-order valence-corrected chi connectivity index (χ3v) is 6.42. The summed E-state index contributed by atoms with van der Waals surface area (Å²) in [4.78, 5) is 58.4. The van der Waals surface area contributed by atoms with Crippen molar-refractivity contribution in [3.05, 3.63) is 67.5 Å². The van der Waals surface area contributed by atoms with Gasteiger partial charge in [0.25, 0.3) is 0 Å². The number of amides is 3. The number of benzene rings is 1. The average molecular weight is 683 g/mol. The molecule has 0 spiro atoms. The summed E-state index contributed by atoms with van der Waals surface area (Å²) in [5.74, 6) is -0.681. The molecular formula is C36H50N4O9. The molecule has 13 nitrogen and oxygen atoms in total. The second-order valence-corrected chi connectivity index (χ2v) is 12.8. The van der Waals surface area contributed by atoms with Crippen molar-refractivity contribution in [3.63, 3.8) is 0 Å². The highest BCUT2D eigenvalue weighted by Crippen LogP contribution is 2.37. The summed E-state index contributed by atoms with van der Waals surface area (Å²) >= 11 is 0. The summed E-state index contributed by atoms with van der Waals surface area (Å²) in [6, 6.07) is 6.51. The van der Waals surface area contributed by atoms with E-state index in [-0.39, 0.29) is 37.6 Å². The van der Waals surface area contributed by atoms with Gasteiger partial charge in [0.2, 0.25) is 0 Å². The number of esters is 1. The van der Waals surface area contributed by atoms with E-state index in [9.17, 15) is 19.2 Å². The van der Waals surface area contributed by atoms with E-state index in [2.05, 4.69) is 28.8 Å². The molecule has 0 aliphatic rings. The number of rotatable bonds is 15. The Labute approximate surface area is 289 Å². The minimum atomic E-state index is -1.18. The highest BCUT2D eigenvalue weighted by molar-refractivity contribution is 6.01. The van der Waals surface area contributed by atoms with E-state index >= 15 is 0 Å². The van der Waals surface area contributed by atoms with Crippen molar-refractivity contribution in [2.24, 2.45) is 0 Å². The maximum Gasteiger partial charge on any atom is 0.415 e. The number of hydrogen-bond donors (Lipinski definition) is 2. The number of carbonyl (C=O) groups excluding carboxylic acids is 4. The molecule has 2 aromatic rings. The number of alkyl carbamates (subject to hydrolysis) is 1. The number of hydrogen-bond acceptors (Lipinski definition) is 10. The molecule has 0 saturated heterocycles. The molecule has 0 fully saturated rings. The maximum absolute atomic E-state index is 14.0. The Hall–Kier alpha value is -4.91. The normalized spacial score (nSPS) is 12.5. The number of ether oxygens (including phenoxy) is 5. The zero-order valence-electron chi connectivity index (χ0n) is 29.8. The lowest BCUT2D eigenvalue weighted by Gasteiger charge is -2.33. The summed E-state index contributed by atoms with van der Waals surface area (Å²) < 4.78 is 26.7. The predicted octanol–water partition coefficient (Wildman–Crippen LogP) is 7.33. The third-order valence-electron chi connectivity index (χ3n) is 6.42. The van der Waals surface area contributed by atoms with Crippen LogP contribution in [0.25, 0.3) is 11.1 Å². The van der Waals surface area contributed by atoms with Crippen LogP contribution in [0.2, 0.25) is 0 Å². The van der Waals surface area contributed by atoms with Gasteiger partial charge in [-0.05, 0) is 91.1 Å². The number of pyridine rings is 1. The fourth-order valence-corrected chi connectivity index (χ4v) is 4.51. The molecule has 1 aromatic carbocycles. The maximum atomic E-state index is 14.0. The van der Waals surface area contributed by atoms with E-state index in [0.29, 0.717) is 23.2 Å². The number of aromatic nitrogens is 1. The smallest absolute Gasteiger partial charge is 0.415 e. The van der Waals surface area contributed by atoms with Gasteiger partial charge in [-0.15, -0.1) is 13.2 Å². The van der Waals surface area contributed by atoms with Crippen LogP contribution in [0, 0.1) is 0 Å². The topological polar surface area (TPSA) is 155 Å². The fraction of sp³-hybridized carbons (Fsp3) is 0.472. The molecule has 0 radical (unpaired) electrons. The second-order valence-electron chi connectivity index (χ2n) is 12.8. The van der Waals surface area contributed by atoms with E-state index in [1.54, 1.807) is 85.0 Å². The van der Waals surface area contributed by atoms with Crippen LogP contribution in [0.3, 0.4) is 0 Å². The van der Waals surface area contributed by atoms with E-state index < -0.39 is 47.5 Å². The summed E-state index contributed by atoms with van der Waals surface area (Å²) in [5, 5.41) is 5.50. The highest BCUT2D eigenvalue weighted by atomic mass is 16.6. The Kier molecular flexibility index (Phi) is 15.3. The molecule has 0 bridgehead atoms. The lowest BCUT2D eigenvalue weighted by atomic mass is 9.99. The lowest BCUT2D eigenvalue weighted by molar-refractivity contribution is -0.144. The van der Waals surface area contributed by atoms with E-state index in [1.165, 1.54) is 24.2 Å². The number of methoxy groups -OCH3 is 1. The van der Waals surface area contributed by atoms with Gasteiger partial charge in [0.15, 0.2) is 0 Å². The largest absolute Gasteiger partial charge is 0.464 e. The molecule has 2 N–H and O–H groups in total. The minimum absolute atomic E-state index is 0.0184. The number of carbonyl (C=O) groups is 4. The molecule has 1 heterocycles. The monoisotopic (exact) mass is 682 g/mol. The van der Waals surface area contributed by atoms with Gasteiger partial charge in [-0.1, -0.05) is 18.2 Å². The van der Waals surface area contributed by atoms with Crippen LogP contribution >= 0.6 is 0 Å². The van der Waals surface area contributed by atoms with Crippen molar-refractivity contribution in [3.8, 4) is 11.1 Å². The molecule has 1 unspecified atom stereocenters. The first kappa shape index (κ1) is 40.3. The Bertz CT molecular complexity index is 1460. The molecule has 0 aliphatic carbocycles. The molecule has 0 saturated carbocycles. The first-order valence-corrected chi connectivity index (χ1v) is 16.0. The minimum Gasteiger partial charge on any atom is -0.464 e. The van der Waals surface area contributed by atoms with Crippen LogP contribution in [0.15, 0.2) is 61.8 Å². The summed E-state index contributed by atoms with van der Waals surface area (Å²) in [6.07, 6.45) is 2.86. The Morgan fingerprint density at radius 2 is 1.57 bits per heavy atom. The first-order chi connectivity index (χ1) is 23.0. The van der Waals surface area contributed by atoms with Gasteiger partial charge in [0, 0.05) is 24.6 Å². The van der Waals surface area contributed by atoms with Gasteiger partial charge in [-0.2, -0.15) is 0 Å². The summed E-state index contributed by atoms with van der Waals surface area (Å²) in [6.45, 7) is 20.0. The van der Waals surface area contributed by atoms with E-state index in [1.807, 2.05) is 0 Å². The molecule has 13 heteroatoms. The van der Waals surface area contributed by atoms with Gasteiger partial charge < -0.3 is 29.0 Å². The zero-order chi connectivity index (χ0) is 36.8. The van der Waals surface area contributed by atoms with Gasteiger partial charge in [0.05, 0.1) is 30.6 Å². The third kappa shape index (κ3) is 13.3. The average Bonchev–Trinajstić information content (AvgIpc) is 2.99. The van der Waals surface area contributed by atoms with Crippen LogP contribution in [-0.4, -0.2) is 73.4 Å². The van der Waals surface area contributed by atoms with Crippen molar-refractivity contribution in [1.29, 1.82) is 0 Å². The van der Waals surface area contributed by atoms with Crippen LogP contribution in [0.1, 0.15) is 73.0 Å². The molecule has 0 aliphatic heterocycles. The summed E-state index contributed by atoms with van der Waals surface area (Å²) in [5.41, 5.74) is 0.354. The second kappa shape index (κ2) is 18.6. The summed E-state index contributed by atoms with van der Waals surface area (Å²) in [7, 11) is 1.48. The van der Waals surface area contributed by atoms with Crippen molar-refractivity contribution in [1.82, 2.24) is 10.3 Å². The molecule has 3 amide bonds. The zero-order valence-corrected chi connectivity index (χ0v) is 29.8. The number of anilines is 2. The quantitative estimate of drug-likeness (QED) is 0.0844. The molecule has 2 atom stereocenters. The molecule has 49 heavy (non-hydrogen) atoms. The lowest BCUT2D eigenvalue weighted by Crippen LogP contribution is -2.48. The standard InChI is InChI=1S/C36H50N4O9/c1-11-14-27(39-33(43)48-35(4,5)6)28-22-24(18-19-37-28)26-17-16-25(38-32(42)47-21-20-45-10)23-30(26)40(34(44)49-36(7,8)9)29(15-12-2)31(41)46-13-3/h11-12,16-19,22-23,27,29H,1-2,13-15,20-21H2,3-10H3,(H,38,42)(H,39,43)/t27-,29?/m0/s1. The van der Waals surface area contributed by atoms with Gasteiger partial charge in [-0.25, -0.2) is 19.2 Å². The van der Waals surface area contributed by atoms with Crippen LogP contribution in [0.5, 0.6) is 0 Å². The van der Waals surface area contributed by atoms with Crippen LogP contribution < -0.4 is 15.5 Å². The van der Waals surface area contributed by atoms with E-state index in [4.69, 9.17) is 23.7 Å². The Balaban J connectivity index is 2.82. The molecule has 2 rings (SSSR count). The van der Waals surface area contributed by atoms with Crippen molar-refractivity contribution >= 4 is 35.6 Å². The number of nitrogens with zero attached hydrogens (tertiary/aromatic N) is 2. The fourth-order valence-electron chi connectivity index (χ4n) is 4.51. The number of nitrogens with one attached hydrogen (secondary N) is 2. The molecular weight excluding hydrogens is 632 g/mol. The SMILES string of the molecule is C=CCC(C(=O)OCC)N(C(=O)OC(C)(C)C)c1cc(NC(=O)OCCOC)ccc1-c1ccnc([C@H](CC=C)NC(=O)OC(C)(C)C)c1. The van der Waals surface area contributed by atoms with Crippen LogP contribution in [-0.2, 0) is 28.5 Å². The van der Waals surface area contributed by atoms with Crippen molar-refractivity contribution in [2.75, 3.05) is 37.1 Å². The van der Waals surface area contributed by atoms with Crippen molar-refractivity contribution < 1.29 is 42.9 Å². The van der Waals surface area contributed by atoms with E-state index in [0.717, 1.165) is 0 Å². The first-order valence-electron chi connectivity index (χ1n) is 16.0. The molecule has 1 aromatic heterocycles. The van der Waals surface area contributed by atoms with Gasteiger partial charge in [0.1, 0.15) is 23.9 Å². The Morgan fingerprint density at radius 1 is 0.898 bits per heavy atom. The predicted molar refractivity (Wildman–Crippen MR) is 187 cm³/mol. The van der Waals surface area contributed by atoms with Crippen molar-refractivity contribution in [2.45, 2.75) is 84.6 Å².